The van der Waals surface area contributed by atoms with Gasteiger partial charge in [-0.2, -0.15) is 5.26 Å². The minimum Gasteiger partial charge on any atom is -0.383 e. The van der Waals surface area contributed by atoms with Crippen molar-refractivity contribution >= 4 is 5.91 Å². The first-order chi connectivity index (χ1) is 8.69. The smallest absolute Gasteiger partial charge is 0.255 e. The maximum absolute atomic E-state index is 12.1. The molecule has 0 aliphatic carbocycles. The topological polar surface area (TPSA) is 86.2 Å². The van der Waals surface area contributed by atoms with Crippen molar-refractivity contribution in [1.29, 1.82) is 5.26 Å². The predicted octanol–water partition coefficient (Wildman–Crippen LogP) is 0.377. The van der Waals surface area contributed by atoms with Crippen LogP contribution in [0, 0.1) is 11.3 Å². The Hall–Kier alpha value is -2.13. The van der Waals surface area contributed by atoms with E-state index >= 15 is 0 Å². The van der Waals surface area contributed by atoms with Gasteiger partial charge in [0.25, 0.3) is 5.91 Å². The lowest BCUT2D eigenvalue weighted by atomic mass is 10.2. The molecule has 0 spiro atoms. The van der Waals surface area contributed by atoms with Crippen molar-refractivity contribution in [1.82, 2.24) is 9.88 Å². The van der Waals surface area contributed by atoms with Crippen LogP contribution in [0.2, 0.25) is 0 Å². The Balaban J connectivity index is 2.77. The van der Waals surface area contributed by atoms with Crippen LogP contribution in [0.4, 0.5) is 0 Å². The van der Waals surface area contributed by atoms with Gasteiger partial charge in [-0.05, 0) is 6.07 Å². The van der Waals surface area contributed by atoms with E-state index in [2.05, 4.69) is 4.98 Å². The van der Waals surface area contributed by atoms with Gasteiger partial charge >= 0.3 is 0 Å². The number of carbonyl (C=O) groups is 1. The van der Waals surface area contributed by atoms with Crippen molar-refractivity contribution in [3.63, 3.8) is 0 Å². The Morgan fingerprint density at radius 1 is 1.50 bits per heavy atom. The molecule has 96 valence electrons. The highest BCUT2D eigenvalue weighted by atomic mass is 16.5. The summed E-state index contributed by atoms with van der Waals surface area (Å²) in [6.07, 6.45) is 1.63. The fourth-order valence-electron chi connectivity index (χ4n) is 1.43. The van der Waals surface area contributed by atoms with Crippen LogP contribution in [0.25, 0.3) is 0 Å². The van der Waals surface area contributed by atoms with E-state index < -0.39 is 0 Å². The van der Waals surface area contributed by atoms with Gasteiger partial charge in [0.15, 0.2) is 0 Å². The van der Waals surface area contributed by atoms with Crippen molar-refractivity contribution < 1.29 is 9.53 Å². The third-order valence-corrected chi connectivity index (χ3v) is 2.38. The van der Waals surface area contributed by atoms with E-state index in [1.165, 1.54) is 23.2 Å². The van der Waals surface area contributed by atoms with Gasteiger partial charge in [-0.25, -0.2) is 0 Å². The quantitative estimate of drug-likeness (QED) is 0.789. The molecule has 1 heterocycles. The maximum atomic E-state index is 12.1. The van der Waals surface area contributed by atoms with Gasteiger partial charge in [-0.3, -0.25) is 9.59 Å². The van der Waals surface area contributed by atoms with Crippen LogP contribution < -0.4 is 5.56 Å². The largest absolute Gasteiger partial charge is 0.383 e. The standard InChI is InChI=1S/C12H15N3O3/c1-18-8-7-15(6-2-5-13)12(17)10-3-4-11(16)14-9-10/h3-4,9H,2,6-8H2,1H3,(H,14,16). The molecule has 1 rings (SSSR count). The molecule has 0 aliphatic heterocycles. The molecule has 0 aromatic carbocycles. The van der Waals surface area contributed by atoms with Crippen LogP contribution in [0.5, 0.6) is 0 Å². The van der Waals surface area contributed by atoms with Gasteiger partial charge in [0, 0.05) is 32.5 Å². The zero-order valence-corrected chi connectivity index (χ0v) is 10.2. The minimum absolute atomic E-state index is 0.224. The third kappa shape index (κ3) is 4.03. The van der Waals surface area contributed by atoms with Crippen LogP contribution in [-0.2, 0) is 4.74 Å². The summed E-state index contributed by atoms with van der Waals surface area (Å²) in [5, 5.41) is 8.56. The normalized spacial score (nSPS) is 9.78. The van der Waals surface area contributed by atoms with E-state index in [-0.39, 0.29) is 17.9 Å². The molecule has 0 atom stereocenters. The lowest BCUT2D eigenvalue weighted by Gasteiger charge is -2.21. The highest BCUT2D eigenvalue weighted by Crippen LogP contribution is 2.03. The Bertz CT molecular complexity index is 470. The summed E-state index contributed by atoms with van der Waals surface area (Å²) in [5.41, 5.74) is 0.135. The Labute approximate surface area is 105 Å². The number of nitrogens with one attached hydrogen (secondary N) is 1. The van der Waals surface area contributed by atoms with E-state index in [1.54, 1.807) is 7.11 Å². The fourth-order valence-corrected chi connectivity index (χ4v) is 1.43. The first kappa shape index (κ1) is 13.9. The number of aromatic nitrogens is 1. The molecular formula is C12H15N3O3. The molecule has 0 radical (unpaired) electrons. The molecule has 0 bridgehead atoms. The summed E-state index contributed by atoms with van der Waals surface area (Å²) in [4.78, 5) is 27.0. The average Bonchev–Trinajstić information content (AvgIpc) is 2.39. The van der Waals surface area contributed by atoms with Crippen molar-refractivity contribution in [2.45, 2.75) is 6.42 Å². The van der Waals surface area contributed by atoms with E-state index in [4.69, 9.17) is 10.00 Å². The molecule has 1 N–H and O–H groups in total. The van der Waals surface area contributed by atoms with E-state index in [0.717, 1.165) is 0 Å². The molecule has 0 fully saturated rings. The molecule has 0 unspecified atom stereocenters. The highest BCUT2D eigenvalue weighted by molar-refractivity contribution is 5.93. The van der Waals surface area contributed by atoms with Crippen LogP contribution in [0.1, 0.15) is 16.8 Å². The lowest BCUT2D eigenvalue weighted by Crippen LogP contribution is -2.35. The third-order valence-electron chi connectivity index (χ3n) is 2.38. The zero-order chi connectivity index (χ0) is 13.4. The van der Waals surface area contributed by atoms with Gasteiger partial charge < -0.3 is 14.6 Å². The molecule has 6 nitrogen and oxygen atoms in total. The van der Waals surface area contributed by atoms with Crippen molar-refractivity contribution in [3.8, 4) is 6.07 Å². The van der Waals surface area contributed by atoms with Gasteiger partial charge in [0.05, 0.1) is 24.7 Å². The number of hydrogen-bond donors (Lipinski definition) is 1. The van der Waals surface area contributed by atoms with Crippen molar-refractivity contribution in [2.75, 3.05) is 26.8 Å². The maximum Gasteiger partial charge on any atom is 0.255 e. The second-order valence-electron chi connectivity index (χ2n) is 3.63. The van der Waals surface area contributed by atoms with Gasteiger partial charge in [-0.1, -0.05) is 0 Å². The molecule has 0 saturated carbocycles. The zero-order valence-electron chi connectivity index (χ0n) is 10.2. The monoisotopic (exact) mass is 249 g/mol. The summed E-state index contributed by atoms with van der Waals surface area (Å²) >= 11 is 0. The molecule has 6 heteroatoms. The predicted molar refractivity (Wildman–Crippen MR) is 65.1 cm³/mol. The average molecular weight is 249 g/mol. The van der Waals surface area contributed by atoms with Crippen molar-refractivity contribution in [2.24, 2.45) is 0 Å². The van der Waals surface area contributed by atoms with Crippen LogP contribution in [0.3, 0.4) is 0 Å². The number of rotatable bonds is 6. The van der Waals surface area contributed by atoms with Gasteiger partial charge in [-0.15, -0.1) is 0 Å². The number of pyridine rings is 1. The van der Waals surface area contributed by atoms with Crippen LogP contribution >= 0.6 is 0 Å². The molecule has 1 aromatic rings. The number of carbonyl (C=O) groups excluding carboxylic acids is 1. The Morgan fingerprint density at radius 3 is 2.83 bits per heavy atom. The first-order valence-electron chi connectivity index (χ1n) is 5.53. The summed E-state index contributed by atoms with van der Waals surface area (Å²) < 4.78 is 4.92. The molecular weight excluding hydrogens is 234 g/mol. The Morgan fingerprint density at radius 2 is 2.28 bits per heavy atom. The van der Waals surface area contributed by atoms with Gasteiger partial charge in [0.1, 0.15) is 0 Å². The highest BCUT2D eigenvalue weighted by Gasteiger charge is 2.15. The number of nitriles is 1. The molecule has 0 aliphatic rings. The number of nitrogens with zero attached hydrogens (tertiary/aromatic N) is 2. The minimum atomic E-state index is -0.257. The number of hydrogen-bond acceptors (Lipinski definition) is 4. The van der Waals surface area contributed by atoms with E-state index in [1.807, 2.05) is 6.07 Å². The second kappa shape index (κ2) is 7.25. The summed E-state index contributed by atoms with van der Waals surface area (Å²) in [7, 11) is 1.55. The number of amides is 1. The lowest BCUT2D eigenvalue weighted by molar-refractivity contribution is 0.0699. The first-order valence-corrected chi connectivity index (χ1v) is 5.53. The molecule has 1 amide bonds. The number of aromatic amines is 1. The molecule has 18 heavy (non-hydrogen) atoms. The summed E-state index contributed by atoms with van der Waals surface area (Å²) in [5.74, 6) is -0.224. The SMILES string of the molecule is COCCN(CCC#N)C(=O)c1ccc(=O)[nH]c1. The number of H-pyrrole nitrogens is 1. The fraction of sp³-hybridized carbons (Fsp3) is 0.417. The van der Waals surface area contributed by atoms with E-state index in [0.29, 0.717) is 25.3 Å². The number of methoxy groups -OCH3 is 1. The second-order valence-corrected chi connectivity index (χ2v) is 3.63. The van der Waals surface area contributed by atoms with E-state index in [9.17, 15) is 9.59 Å². The van der Waals surface area contributed by atoms with Crippen LogP contribution in [-0.4, -0.2) is 42.6 Å². The number of ether oxygens (including phenoxy) is 1. The van der Waals surface area contributed by atoms with Crippen molar-refractivity contribution in [3.05, 3.63) is 34.2 Å². The van der Waals surface area contributed by atoms with Gasteiger partial charge in [0.2, 0.25) is 5.56 Å². The summed E-state index contributed by atoms with van der Waals surface area (Å²) in [6.45, 7) is 1.16. The Kier molecular flexibility index (Phi) is 5.61. The molecule has 0 saturated heterocycles. The summed E-state index contributed by atoms with van der Waals surface area (Å²) in [6, 6.07) is 4.76. The van der Waals surface area contributed by atoms with Crippen LogP contribution in [0.15, 0.2) is 23.1 Å². The molecule has 1 aromatic heterocycles.